The van der Waals surface area contributed by atoms with Crippen LogP contribution in [0.4, 0.5) is 13.2 Å². The number of rotatable bonds is 6. The van der Waals surface area contributed by atoms with Gasteiger partial charge in [0.25, 0.3) is 0 Å². The van der Waals surface area contributed by atoms with Gasteiger partial charge in [-0.15, -0.1) is 0 Å². The molecule has 0 fully saturated rings. The largest absolute Gasteiger partial charge is 0.462 e. The van der Waals surface area contributed by atoms with Crippen LogP contribution in [0.1, 0.15) is 22.8 Å². The normalized spacial score (nSPS) is 11.3. The van der Waals surface area contributed by atoms with Crippen molar-refractivity contribution in [2.75, 3.05) is 11.9 Å². The molecule has 0 heterocycles. The SMILES string of the molecule is CCOC(=O)c1ccc(SC(F)(F)F)c(CC(=O)CBr)c1. The first-order chi connectivity index (χ1) is 9.76. The molecule has 0 aromatic heterocycles. The minimum Gasteiger partial charge on any atom is -0.462 e. The van der Waals surface area contributed by atoms with Gasteiger partial charge >= 0.3 is 11.5 Å². The predicted octanol–water partition coefficient (Wildman–Crippen LogP) is 3.98. The van der Waals surface area contributed by atoms with Gasteiger partial charge in [-0.05, 0) is 42.4 Å². The highest BCUT2D eigenvalue weighted by Crippen LogP contribution is 2.39. The molecule has 1 rings (SSSR count). The topological polar surface area (TPSA) is 43.4 Å². The molecule has 0 saturated heterocycles. The van der Waals surface area contributed by atoms with Gasteiger partial charge in [0, 0.05) is 11.3 Å². The third-order valence-electron chi connectivity index (χ3n) is 2.33. The molecule has 0 spiro atoms. The number of thioether (sulfide) groups is 1. The number of halogens is 4. The fourth-order valence-corrected chi connectivity index (χ4v) is 2.39. The first-order valence-corrected chi connectivity index (χ1v) is 7.84. The van der Waals surface area contributed by atoms with E-state index in [2.05, 4.69) is 15.9 Å². The Balaban J connectivity index is 3.13. The van der Waals surface area contributed by atoms with Crippen LogP contribution in [0, 0.1) is 0 Å². The van der Waals surface area contributed by atoms with E-state index in [9.17, 15) is 22.8 Å². The van der Waals surface area contributed by atoms with Crippen LogP contribution in [0.25, 0.3) is 0 Å². The summed E-state index contributed by atoms with van der Waals surface area (Å²) in [5.74, 6) is -0.909. The first kappa shape index (κ1) is 18.0. The van der Waals surface area contributed by atoms with Crippen LogP contribution in [0.3, 0.4) is 0 Å². The van der Waals surface area contributed by atoms with E-state index >= 15 is 0 Å². The number of carbonyl (C=O) groups excluding carboxylic acids is 2. The molecular formula is C13H12BrF3O3S. The van der Waals surface area contributed by atoms with Gasteiger partial charge in [0.1, 0.15) is 5.78 Å². The number of ether oxygens (including phenoxy) is 1. The number of benzene rings is 1. The number of esters is 1. The highest BCUT2D eigenvalue weighted by molar-refractivity contribution is 9.09. The molecule has 0 bridgehead atoms. The maximum atomic E-state index is 12.5. The van der Waals surface area contributed by atoms with Gasteiger partial charge in [0.05, 0.1) is 17.5 Å². The molecule has 8 heteroatoms. The minimum atomic E-state index is -4.46. The lowest BCUT2D eigenvalue weighted by Gasteiger charge is -2.12. The summed E-state index contributed by atoms with van der Waals surface area (Å²) >= 11 is 2.65. The molecule has 21 heavy (non-hydrogen) atoms. The van der Waals surface area contributed by atoms with Crippen molar-refractivity contribution in [1.82, 2.24) is 0 Å². The van der Waals surface area contributed by atoms with Crippen molar-refractivity contribution in [2.24, 2.45) is 0 Å². The van der Waals surface area contributed by atoms with Crippen LogP contribution in [0.5, 0.6) is 0 Å². The van der Waals surface area contributed by atoms with Gasteiger partial charge in [-0.3, -0.25) is 4.79 Å². The number of hydrogen-bond acceptors (Lipinski definition) is 4. The molecule has 0 saturated carbocycles. The number of Topliss-reactive ketones (excluding diaryl/α,β-unsaturated/α-hetero) is 1. The molecule has 3 nitrogen and oxygen atoms in total. The fourth-order valence-electron chi connectivity index (χ4n) is 1.54. The summed E-state index contributed by atoms with van der Waals surface area (Å²) in [6.45, 7) is 1.79. The number of carbonyl (C=O) groups is 2. The summed E-state index contributed by atoms with van der Waals surface area (Å²) in [6, 6.07) is 3.71. The third-order valence-corrected chi connectivity index (χ3v) is 3.81. The van der Waals surface area contributed by atoms with E-state index in [-0.39, 0.29) is 51.9 Å². The van der Waals surface area contributed by atoms with Crippen molar-refractivity contribution < 1.29 is 27.5 Å². The number of ketones is 1. The van der Waals surface area contributed by atoms with E-state index in [1.54, 1.807) is 6.92 Å². The zero-order valence-corrected chi connectivity index (χ0v) is 13.4. The molecular weight excluding hydrogens is 373 g/mol. The van der Waals surface area contributed by atoms with Gasteiger partial charge in [-0.2, -0.15) is 13.2 Å². The van der Waals surface area contributed by atoms with E-state index < -0.39 is 11.5 Å². The summed E-state index contributed by atoms with van der Waals surface area (Å²) < 4.78 is 42.3. The molecule has 0 aliphatic heterocycles. The van der Waals surface area contributed by atoms with Crippen molar-refractivity contribution in [2.45, 2.75) is 23.7 Å². The van der Waals surface area contributed by atoms with Gasteiger partial charge < -0.3 is 4.74 Å². The second-order valence-corrected chi connectivity index (χ2v) is 5.61. The van der Waals surface area contributed by atoms with Crippen LogP contribution in [-0.2, 0) is 16.0 Å². The van der Waals surface area contributed by atoms with Gasteiger partial charge in [0.2, 0.25) is 0 Å². The van der Waals surface area contributed by atoms with Gasteiger partial charge in [-0.25, -0.2) is 4.79 Å². The minimum absolute atomic E-state index is 0.0345. The molecule has 0 radical (unpaired) electrons. The van der Waals surface area contributed by atoms with Crippen molar-refractivity contribution in [3.05, 3.63) is 29.3 Å². The molecule has 1 aromatic rings. The Labute approximate surface area is 132 Å². The Bertz CT molecular complexity index is 532. The van der Waals surface area contributed by atoms with Crippen LogP contribution in [0.15, 0.2) is 23.1 Å². The molecule has 0 unspecified atom stereocenters. The highest BCUT2D eigenvalue weighted by Gasteiger charge is 2.30. The Morgan fingerprint density at radius 1 is 1.33 bits per heavy atom. The number of alkyl halides is 4. The average molecular weight is 385 g/mol. The van der Waals surface area contributed by atoms with Gasteiger partial charge in [-0.1, -0.05) is 15.9 Å². The van der Waals surface area contributed by atoms with E-state index in [1.807, 2.05) is 0 Å². The summed E-state index contributed by atoms with van der Waals surface area (Å²) in [5.41, 5.74) is -4.18. The molecule has 1 aromatic carbocycles. The lowest BCUT2D eigenvalue weighted by Crippen LogP contribution is -2.10. The van der Waals surface area contributed by atoms with E-state index in [4.69, 9.17) is 4.74 Å². The Morgan fingerprint density at radius 3 is 2.52 bits per heavy atom. The molecule has 0 N–H and O–H groups in total. The maximum Gasteiger partial charge on any atom is 0.446 e. The lowest BCUT2D eigenvalue weighted by atomic mass is 10.1. The van der Waals surface area contributed by atoms with E-state index in [0.29, 0.717) is 0 Å². The smallest absolute Gasteiger partial charge is 0.446 e. The standard InChI is InChI=1S/C13H12BrF3O3S/c1-2-20-12(19)8-3-4-11(21-13(15,16)17)9(5-8)6-10(18)7-14/h3-5H,2,6-7H2,1H3. The fraction of sp³-hybridized carbons (Fsp3) is 0.385. The highest BCUT2D eigenvalue weighted by atomic mass is 79.9. The molecule has 116 valence electrons. The van der Waals surface area contributed by atoms with Crippen LogP contribution in [0.2, 0.25) is 0 Å². The van der Waals surface area contributed by atoms with Crippen molar-refractivity contribution in [1.29, 1.82) is 0 Å². The van der Waals surface area contributed by atoms with Crippen molar-refractivity contribution >= 4 is 39.4 Å². The van der Waals surface area contributed by atoms with E-state index in [0.717, 1.165) is 0 Å². The Kier molecular flexibility index (Phi) is 6.73. The van der Waals surface area contributed by atoms with Crippen LogP contribution in [-0.4, -0.2) is 29.2 Å². The quantitative estimate of drug-likeness (QED) is 0.422. The second-order valence-electron chi connectivity index (χ2n) is 3.94. The Morgan fingerprint density at radius 2 is 2.00 bits per heavy atom. The molecule has 0 atom stereocenters. The molecule has 0 aliphatic carbocycles. The predicted molar refractivity (Wildman–Crippen MR) is 76.8 cm³/mol. The Hall–Kier alpha value is -1.02. The summed E-state index contributed by atoms with van der Waals surface area (Å²) in [7, 11) is 0. The first-order valence-electron chi connectivity index (χ1n) is 5.90. The van der Waals surface area contributed by atoms with Gasteiger partial charge in [0.15, 0.2) is 0 Å². The van der Waals surface area contributed by atoms with Crippen molar-refractivity contribution in [3.63, 3.8) is 0 Å². The number of hydrogen-bond donors (Lipinski definition) is 0. The second kappa shape index (κ2) is 7.84. The maximum absolute atomic E-state index is 12.5. The third kappa shape index (κ3) is 6.09. The van der Waals surface area contributed by atoms with Crippen molar-refractivity contribution in [3.8, 4) is 0 Å². The molecule has 0 amide bonds. The van der Waals surface area contributed by atoms with E-state index in [1.165, 1.54) is 18.2 Å². The summed E-state index contributed by atoms with van der Waals surface area (Å²) in [5, 5.41) is 0.0345. The molecule has 0 aliphatic rings. The lowest BCUT2D eigenvalue weighted by molar-refractivity contribution is -0.115. The average Bonchev–Trinajstić information content (AvgIpc) is 2.39. The summed E-state index contributed by atoms with van der Waals surface area (Å²) in [4.78, 5) is 23.0. The summed E-state index contributed by atoms with van der Waals surface area (Å²) in [6.07, 6.45) is -0.184. The van der Waals surface area contributed by atoms with Crippen LogP contribution >= 0.6 is 27.7 Å². The monoisotopic (exact) mass is 384 g/mol. The van der Waals surface area contributed by atoms with Crippen LogP contribution < -0.4 is 0 Å². The zero-order chi connectivity index (χ0) is 16.0. The zero-order valence-electron chi connectivity index (χ0n) is 11.0.